The highest BCUT2D eigenvalue weighted by molar-refractivity contribution is 9.10. The van der Waals surface area contributed by atoms with E-state index in [4.69, 9.17) is 21.1 Å². The number of halogens is 2. The SMILES string of the molecule is COc1cc(CNc2ccc(C)c(C)c2)cc(Br)c1OCc1cccc(Cl)c1. The Balaban J connectivity index is 1.72. The van der Waals surface area contributed by atoms with E-state index in [9.17, 15) is 0 Å². The van der Waals surface area contributed by atoms with Gasteiger partial charge in [0.1, 0.15) is 6.61 Å². The number of rotatable bonds is 7. The summed E-state index contributed by atoms with van der Waals surface area (Å²) in [6.45, 7) is 5.33. The molecule has 3 rings (SSSR count). The van der Waals surface area contributed by atoms with Gasteiger partial charge in [-0.15, -0.1) is 0 Å². The first-order valence-corrected chi connectivity index (χ1v) is 10.2. The normalized spacial score (nSPS) is 10.6. The molecule has 0 unspecified atom stereocenters. The largest absolute Gasteiger partial charge is 0.493 e. The van der Waals surface area contributed by atoms with Gasteiger partial charge in [-0.3, -0.25) is 0 Å². The smallest absolute Gasteiger partial charge is 0.175 e. The minimum absolute atomic E-state index is 0.412. The highest BCUT2D eigenvalue weighted by atomic mass is 79.9. The lowest BCUT2D eigenvalue weighted by Gasteiger charge is -2.15. The van der Waals surface area contributed by atoms with Crippen LogP contribution in [-0.2, 0) is 13.2 Å². The highest BCUT2D eigenvalue weighted by Gasteiger charge is 2.12. The number of benzene rings is 3. The summed E-state index contributed by atoms with van der Waals surface area (Å²) in [6, 6.07) is 18.0. The fourth-order valence-electron chi connectivity index (χ4n) is 2.85. The molecule has 3 aromatic carbocycles. The standard InChI is InChI=1S/C23H23BrClNO2/c1-15-7-8-20(9-16(15)2)26-13-18-11-21(24)23(22(12-18)27-3)28-14-17-5-4-6-19(25)10-17/h4-12,26H,13-14H2,1-3H3. The van der Waals surface area contributed by atoms with Gasteiger partial charge in [-0.05, 0) is 88.4 Å². The zero-order valence-electron chi connectivity index (χ0n) is 16.2. The maximum atomic E-state index is 6.04. The topological polar surface area (TPSA) is 30.5 Å². The van der Waals surface area contributed by atoms with Crippen LogP contribution in [-0.4, -0.2) is 7.11 Å². The molecule has 0 saturated carbocycles. The van der Waals surface area contributed by atoms with Crippen LogP contribution in [0.5, 0.6) is 11.5 Å². The van der Waals surface area contributed by atoms with Crippen molar-refractivity contribution in [2.45, 2.75) is 27.0 Å². The molecule has 0 fully saturated rings. The predicted octanol–water partition coefficient (Wildman–Crippen LogP) is 6.92. The van der Waals surface area contributed by atoms with Crippen LogP contribution in [0.15, 0.2) is 59.1 Å². The van der Waals surface area contributed by atoms with E-state index >= 15 is 0 Å². The Kier molecular flexibility index (Phi) is 6.87. The van der Waals surface area contributed by atoms with Crippen LogP contribution in [0.2, 0.25) is 5.02 Å². The van der Waals surface area contributed by atoms with Crippen LogP contribution >= 0.6 is 27.5 Å². The lowest BCUT2D eigenvalue weighted by Crippen LogP contribution is -2.03. The molecule has 5 heteroatoms. The highest BCUT2D eigenvalue weighted by Crippen LogP contribution is 2.37. The summed E-state index contributed by atoms with van der Waals surface area (Å²) < 4.78 is 12.4. The second-order valence-electron chi connectivity index (χ2n) is 6.68. The third kappa shape index (κ3) is 5.21. The van der Waals surface area contributed by atoms with Crippen molar-refractivity contribution >= 4 is 33.2 Å². The van der Waals surface area contributed by atoms with Crippen LogP contribution < -0.4 is 14.8 Å². The summed E-state index contributed by atoms with van der Waals surface area (Å²) >= 11 is 9.66. The van der Waals surface area contributed by atoms with Gasteiger partial charge < -0.3 is 14.8 Å². The molecule has 146 valence electrons. The molecule has 0 saturated heterocycles. The number of nitrogens with one attached hydrogen (secondary N) is 1. The summed E-state index contributed by atoms with van der Waals surface area (Å²) in [7, 11) is 1.65. The number of anilines is 1. The summed E-state index contributed by atoms with van der Waals surface area (Å²) in [5, 5.41) is 4.15. The molecular formula is C23H23BrClNO2. The van der Waals surface area contributed by atoms with Gasteiger partial charge in [0.05, 0.1) is 11.6 Å². The van der Waals surface area contributed by atoms with Gasteiger partial charge >= 0.3 is 0 Å². The first-order chi connectivity index (χ1) is 13.5. The molecule has 0 heterocycles. The first kappa shape index (κ1) is 20.6. The van der Waals surface area contributed by atoms with Crippen LogP contribution in [0.3, 0.4) is 0 Å². The fraction of sp³-hybridized carbons (Fsp3) is 0.217. The molecular weight excluding hydrogens is 438 g/mol. The van der Waals surface area contributed by atoms with Gasteiger partial charge in [-0.1, -0.05) is 29.8 Å². The van der Waals surface area contributed by atoms with Crippen molar-refractivity contribution in [3.05, 3.63) is 86.3 Å². The third-order valence-corrected chi connectivity index (χ3v) is 5.39. The van der Waals surface area contributed by atoms with Crippen molar-refractivity contribution in [3.8, 4) is 11.5 Å². The van der Waals surface area contributed by atoms with E-state index in [1.165, 1.54) is 11.1 Å². The average Bonchev–Trinajstić information content (AvgIpc) is 2.67. The molecule has 0 aromatic heterocycles. The molecule has 3 nitrogen and oxygen atoms in total. The first-order valence-electron chi connectivity index (χ1n) is 9.01. The Labute approximate surface area is 179 Å². The van der Waals surface area contributed by atoms with Crippen molar-refractivity contribution in [1.82, 2.24) is 0 Å². The lowest BCUT2D eigenvalue weighted by atomic mass is 10.1. The van der Waals surface area contributed by atoms with E-state index in [-0.39, 0.29) is 0 Å². The summed E-state index contributed by atoms with van der Waals surface area (Å²) in [6.07, 6.45) is 0. The van der Waals surface area contributed by atoms with E-state index in [1.807, 2.05) is 36.4 Å². The van der Waals surface area contributed by atoms with Crippen LogP contribution in [0.25, 0.3) is 0 Å². The molecule has 0 bridgehead atoms. The van der Waals surface area contributed by atoms with Crippen LogP contribution in [0.4, 0.5) is 5.69 Å². The summed E-state index contributed by atoms with van der Waals surface area (Å²) in [4.78, 5) is 0. The van der Waals surface area contributed by atoms with Crippen LogP contribution in [0.1, 0.15) is 22.3 Å². The minimum atomic E-state index is 0.412. The van der Waals surface area contributed by atoms with E-state index in [1.54, 1.807) is 7.11 Å². The predicted molar refractivity (Wildman–Crippen MR) is 120 cm³/mol. The molecule has 0 amide bonds. The number of methoxy groups -OCH3 is 1. The van der Waals surface area contributed by atoms with Gasteiger partial charge in [0.2, 0.25) is 0 Å². The van der Waals surface area contributed by atoms with E-state index in [2.05, 4.69) is 53.3 Å². The van der Waals surface area contributed by atoms with Gasteiger partial charge in [0, 0.05) is 17.3 Å². The minimum Gasteiger partial charge on any atom is -0.493 e. The van der Waals surface area contributed by atoms with Gasteiger partial charge in [-0.25, -0.2) is 0 Å². The Hall–Kier alpha value is -2.17. The summed E-state index contributed by atoms with van der Waals surface area (Å²) in [5.74, 6) is 1.37. The molecule has 0 radical (unpaired) electrons. The van der Waals surface area contributed by atoms with Crippen molar-refractivity contribution in [3.63, 3.8) is 0 Å². The molecule has 0 spiro atoms. The Morgan fingerprint density at radius 2 is 1.79 bits per heavy atom. The Morgan fingerprint density at radius 3 is 2.50 bits per heavy atom. The quantitative estimate of drug-likeness (QED) is 0.415. The number of aryl methyl sites for hydroxylation is 2. The monoisotopic (exact) mass is 459 g/mol. The second-order valence-corrected chi connectivity index (χ2v) is 7.97. The zero-order chi connectivity index (χ0) is 20.1. The van der Waals surface area contributed by atoms with Crippen molar-refractivity contribution in [1.29, 1.82) is 0 Å². The van der Waals surface area contributed by atoms with Crippen molar-refractivity contribution < 1.29 is 9.47 Å². The molecule has 0 atom stereocenters. The van der Waals surface area contributed by atoms with Crippen LogP contribution in [0, 0.1) is 13.8 Å². The van der Waals surface area contributed by atoms with E-state index in [0.717, 1.165) is 21.3 Å². The van der Waals surface area contributed by atoms with E-state index < -0.39 is 0 Å². The second kappa shape index (κ2) is 9.35. The lowest BCUT2D eigenvalue weighted by molar-refractivity contribution is 0.282. The van der Waals surface area contributed by atoms with Gasteiger partial charge in [0.25, 0.3) is 0 Å². The zero-order valence-corrected chi connectivity index (χ0v) is 18.5. The molecule has 28 heavy (non-hydrogen) atoms. The molecule has 0 aliphatic heterocycles. The number of ether oxygens (including phenoxy) is 2. The average molecular weight is 461 g/mol. The molecule has 0 aliphatic carbocycles. The molecule has 0 aliphatic rings. The van der Waals surface area contributed by atoms with Gasteiger partial charge in [-0.2, -0.15) is 0 Å². The third-order valence-electron chi connectivity index (χ3n) is 4.56. The number of hydrogen-bond acceptors (Lipinski definition) is 3. The summed E-state index contributed by atoms with van der Waals surface area (Å²) in [5.41, 5.74) is 5.75. The van der Waals surface area contributed by atoms with Gasteiger partial charge in [0.15, 0.2) is 11.5 Å². The van der Waals surface area contributed by atoms with Crippen molar-refractivity contribution in [2.75, 3.05) is 12.4 Å². The Morgan fingerprint density at radius 1 is 0.964 bits per heavy atom. The number of hydrogen-bond donors (Lipinski definition) is 1. The van der Waals surface area contributed by atoms with E-state index in [0.29, 0.717) is 29.7 Å². The Bertz CT molecular complexity index is 975. The van der Waals surface area contributed by atoms with Crippen molar-refractivity contribution in [2.24, 2.45) is 0 Å². The fourth-order valence-corrected chi connectivity index (χ4v) is 3.67. The molecule has 3 aromatic rings. The maximum Gasteiger partial charge on any atom is 0.175 e. The molecule has 1 N–H and O–H groups in total. The maximum absolute atomic E-state index is 6.04.